The summed E-state index contributed by atoms with van der Waals surface area (Å²) in [5, 5.41) is 3.39. The SMILES string of the molecule is CCNC(=NCCC(=O)N(CC)CC)N1CCC(Cc2ccccc2)C1. The van der Waals surface area contributed by atoms with E-state index in [1.54, 1.807) is 0 Å². The smallest absolute Gasteiger partial charge is 0.224 e. The molecule has 1 heterocycles. The Balaban J connectivity index is 1.87. The van der Waals surface area contributed by atoms with Crippen molar-refractivity contribution < 1.29 is 4.79 Å². The van der Waals surface area contributed by atoms with Gasteiger partial charge >= 0.3 is 0 Å². The van der Waals surface area contributed by atoms with Crippen molar-refractivity contribution in [1.82, 2.24) is 15.1 Å². The number of nitrogens with one attached hydrogen (secondary N) is 1. The normalized spacial score (nSPS) is 17.4. The number of carbonyl (C=O) groups excluding carboxylic acids is 1. The first kappa shape index (κ1) is 20.3. The number of aliphatic imine (C=N–C) groups is 1. The summed E-state index contributed by atoms with van der Waals surface area (Å²) in [4.78, 5) is 21.1. The summed E-state index contributed by atoms with van der Waals surface area (Å²) in [5.74, 6) is 1.81. The predicted molar refractivity (Wildman–Crippen MR) is 108 cm³/mol. The Morgan fingerprint density at radius 2 is 1.96 bits per heavy atom. The number of benzene rings is 1. The monoisotopic (exact) mass is 358 g/mol. The van der Waals surface area contributed by atoms with Gasteiger partial charge in [-0.05, 0) is 45.1 Å². The molecule has 1 saturated heterocycles. The highest BCUT2D eigenvalue weighted by atomic mass is 16.2. The van der Waals surface area contributed by atoms with Crippen molar-refractivity contribution in [3.63, 3.8) is 0 Å². The lowest BCUT2D eigenvalue weighted by molar-refractivity contribution is -0.130. The summed E-state index contributed by atoms with van der Waals surface area (Å²) in [6.07, 6.45) is 2.80. The number of nitrogens with zero attached hydrogens (tertiary/aromatic N) is 3. The van der Waals surface area contributed by atoms with Gasteiger partial charge in [-0.25, -0.2) is 0 Å². The van der Waals surface area contributed by atoms with Crippen molar-refractivity contribution in [2.24, 2.45) is 10.9 Å². The Bertz CT molecular complexity index is 569. The number of rotatable bonds is 8. The van der Waals surface area contributed by atoms with E-state index in [1.807, 2.05) is 18.7 Å². The van der Waals surface area contributed by atoms with E-state index in [-0.39, 0.29) is 5.91 Å². The van der Waals surface area contributed by atoms with Crippen LogP contribution in [-0.4, -0.2) is 60.9 Å². The minimum absolute atomic E-state index is 0.193. The second kappa shape index (κ2) is 10.8. The lowest BCUT2D eigenvalue weighted by Crippen LogP contribution is -2.40. The maximum atomic E-state index is 12.1. The molecule has 1 aromatic carbocycles. The lowest BCUT2D eigenvalue weighted by atomic mass is 9.99. The molecule has 0 aliphatic carbocycles. The summed E-state index contributed by atoms with van der Waals surface area (Å²) in [5.41, 5.74) is 1.41. The highest BCUT2D eigenvalue weighted by Gasteiger charge is 2.25. The molecular formula is C21H34N4O. The fourth-order valence-corrected chi connectivity index (χ4v) is 3.56. The Hall–Kier alpha value is -2.04. The molecule has 144 valence electrons. The minimum Gasteiger partial charge on any atom is -0.357 e. The van der Waals surface area contributed by atoms with Gasteiger partial charge in [0.25, 0.3) is 0 Å². The molecule has 0 aromatic heterocycles. The van der Waals surface area contributed by atoms with Gasteiger partial charge in [0, 0.05) is 39.1 Å². The van der Waals surface area contributed by atoms with Crippen LogP contribution >= 0.6 is 0 Å². The van der Waals surface area contributed by atoms with E-state index < -0.39 is 0 Å². The molecule has 1 aliphatic rings. The van der Waals surface area contributed by atoms with Crippen LogP contribution in [0.4, 0.5) is 0 Å². The Kier molecular flexibility index (Phi) is 8.45. The number of amides is 1. The van der Waals surface area contributed by atoms with Gasteiger partial charge < -0.3 is 15.1 Å². The van der Waals surface area contributed by atoms with E-state index in [4.69, 9.17) is 4.99 Å². The first-order valence-corrected chi connectivity index (χ1v) is 10.0. The van der Waals surface area contributed by atoms with Gasteiger partial charge in [-0.1, -0.05) is 30.3 Å². The number of likely N-dealkylation sites (tertiary alicyclic amines) is 1. The van der Waals surface area contributed by atoms with Crippen molar-refractivity contribution in [2.75, 3.05) is 39.3 Å². The molecule has 0 saturated carbocycles. The van der Waals surface area contributed by atoms with Crippen LogP contribution in [0.2, 0.25) is 0 Å². The largest absolute Gasteiger partial charge is 0.357 e. The van der Waals surface area contributed by atoms with Crippen molar-refractivity contribution in [3.05, 3.63) is 35.9 Å². The van der Waals surface area contributed by atoms with Crippen LogP contribution in [-0.2, 0) is 11.2 Å². The quantitative estimate of drug-likeness (QED) is 0.574. The van der Waals surface area contributed by atoms with Crippen molar-refractivity contribution in [1.29, 1.82) is 0 Å². The van der Waals surface area contributed by atoms with Crippen LogP contribution in [0.5, 0.6) is 0 Å². The molecule has 2 rings (SSSR count). The number of hydrogen-bond donors (Lipinski definition) is 1. The summed E-state index contributed by atoms with van der Waals surface area (Å²) in [6, 6.07) is 10.7. The molecule has 1 amide bonds. The zero-order valence-corrected chi connectivity index (χ0v) is 16.6. The molecule has 1 unspecified atom stereocenters. The van der Waals surface area contributed by atoms with Gasteiger partial charge in [0.05, 0.1) is 6.54 Å². The van der Waals surface area contributed by atoms with E-state index >= 15 is 0 Å². The van der Waals surface area contributed by atoms with E-state index in [1.165, 1.54) is 12.0 Å². The number of carbonyl (C=O) groups is 1. The molecule has 5 heteroatoms. The van der Waals surface area contributed by atoms with Crippen molar-refractivity contribution >= 4 is 11.9 Å². The highest BCUT2D eigenvalue weighted by molar-refractivity contribution is 5.81. The van der Waals surface area contributed by atoms with Crippen LogP contribution in [0.1, 0.15) is 39.2 Å². The second-order valence-corrected chi connectivity index (χ2v) is 6.84. The third-order valence-corrected chi connectivity index (χ3v) is 4.99. The highest BCUT2D eigenvalue weighted by Crippen LogP contribution is 2.20. The van der Waals surface area contributed by atoms with E-state index in [0.717, 1.165) is 45.1 Å². The van der Waals surface area contributed by atoms with Crippen LogP contribution in [0, 0.1) is 5.92 Å². The van der Waals surface area contributed by atoms with Gasteiger partial charge in [0.2, 0.25) is 5.91 Å². The van der Waals surface area contributed by atoms with Gasteiger partial charge in [0.15, 0.2) is 5.96 Å². The molecule has 0 bridgehead atoms. The summed E-state index contributed by atoms with van der Waals surface area (Å²) in [6.45, 7) is 11.1. The maximum Gasteiger partial charge on any atom is 0.224 e. The maximum absolute atomic E-state index is 12.1. The second-order valence-electron chi connectivity index (χ2n) is 6.84. The number of hydrogen-bond acceptors (Lipinski definition) is 2. The standard InChI is InChI=1S/C21H34N4O/c1-4-22-21(23-14-12-20(26)24(5-2)6-3)25-15-13-19(17-25)16-18-10-8-7-9-11-18/h7-11,19H,4-6,12-17H2,1-3H3,(H,22,23). The topological polar surface area (TPSA) is 47.9 Å². The molecule has 1 aromatic rings. The molecule has 1 fully saturated rings. The van der Waals surface area contributed by atoms with Crippen LogP contribution in [0.3, 0.4) is 0 Å². The van der Waals surface area contributed by atoms with Crippen LogP contribution in [0.25, 0.3) is 0 Å². The zero-order valence-electron chi connectivity index (χ0n) is 16.6. The summed E-state index contributed by atoms with van der Waals surface area (Å²) >= 11 is 0. The van der Waals surface area contributed by atoms with Gasteiger partial charge in [-0.15, -0.1) is 0 Å². The first-order valence-electron chi connectivity index (χ1n) is 10.0. The average Bonchev–Trinajstić information content (AvgIpc) is 3.11. The summed E-state index contributed by atoms with van der Waals surface area (Å²) in [7, 11) is 0. The summed E-state index contributed by atoms with van der Waals surface area (Å²) < 4.78 is 0. The lowest BCUT2D eigenvalue weighted by Gasteiger charge is -2.22. The van der Waals surface area contributed by atoms with E-state index in [2.05, 4.69) is 47.5 Å². The fourth-order valence-electron chi connectivity index (χ4n) is 3.56. The average molecular weight is 359 g/mol. The van der Waals surface area contributed by atoms with Crippen molar-refractivity contribution in [3.8, 4) is 0 Å². The Labute approximate surface area is 158 Å². The third kappa shape index (κ3) is 6.04. The van der Waals surface area contributed by atoms with Gasteiger partial charge in [-0.3, -0.25) is 9.79 Å². The fraction of sp³-hybridized carbons (Fsp3) is 0.619. The van der Waals surface area contributed by atoms with Crippen LogP contribution in [0.15, 0.2) is 35.3 Å². The Morgan fingerprint density at radius 1 is 1.23 bits per heavy atom. The minimum atomic E-state index is 0.193. The molecular weight excluding hydrogens is 324 g/mol. The third-order valence-electron chi connectivity index (χ3n) is 4.99. The zero-order chi connectivity index (χ0) is 18.8. The van der Waals surface area contributed by atoms with Gasteiger partial charge in [0.1, 0.15) is 0 Å². The molecule has 5 nitrogen and oxygen atoms in total. The molecule has 26 heavy (non-hydrogen) atoms. The Morgan fingerprint density at radius 3 is 2.62 bits per heavy atom. The van der Waals surface area contributed by atoms with Gasteiger partial charge in [-0.2, -0.15) is 0 Å². The first-order chi connectivity index (χ1) is 12.7. The number of guanidine groups is 1. The van der Waals surface area contributed by atoms with Crippen LogP contribution < -0.4 is 5.32 Å². The molecule has 0 spiro atoms. The molecule has 1 aliphatic heterocycles. The molecule has 1 atom stereocenters. The predicted octanol–water partition coefficient (Wildman–Crippen LogP) is 2.78. The van der Waals surface area contributed by atoms with Crippen molar-refractivity contribution in [2.45, 2.75) is 40.0 Å². The van der Waals surface area contributed by atoms with E-state index in [0.29, 0.717) is 18.9 Å². The molecule has 1 N–H and O–H groups in total. The van der Waals surface area contributed by atoms with E-state index in [9.17, 15) is 4.79 Å². The molecule has 0 radical (unpaired) electrons.